The van der Waals surface area contributed by atoms with Crippen LogP contribution in [0.5, 0.6) is 5.75 Å². The lowest BCUT2D eigenvalue weighted by molar-refractivity contribution is -0.137. The zero-order valence-electron chi connectivity index (χ0n) is 22.6. The van der Waals surface area contributed by atoms with Crippen molar-refractivity contribution in [3.63, 3.8) is 0 Å². The molecule has 2 aromatic heterocycles. The lowest BCUT2D eigenvalue weighted by atomic mass is 10.0. The predicted octanol–water partition coefficient (Wildman–Crippen LogP) is 3.59. The van der Waals surface area contributed by atoms with Crippen molar-refractivity contribution in [3.8, 4) is 22.6 Å². The maximum atomic E-state index is 11.8. The summed E-state index contributed by atoms with van der Waals surface area (Å²) in [6, 6.07) is 13.5. The molecular formula is C28H30N8O4. The first kappa shape index (κ1) is 26.8. The van der Waals surface area contributed by atoms with Crippen LogP contribution in [0.1, 0.15) is 18.3 Å². The molecule has 1 fully saturated rings. The van der Waals surface area contributed by atoms with Gasteiger partial charge in [0.15, 0.2) is 5.82 Å². The van der Waals surface area contributed by atoms with Crippen molar-refractivity contribution in [3.05, 3.63) is 66.1 Å². The second-order valence-corrected chi connectivity index (χ2v) is 8.92. The Morgan fingerprint density at radius 1 is 1.18 bits per heavy atom. The van der Waals surface area contributed by atoms with Crippen LogP contribution in [0.25, 0.3) is 22.9 Å². The van der Waals surface area contributed by atoms with Gasteiger partial charge in [-0.25, -0.2) is 9.78 Å². The van der Waals surface area contributed by atoms with Crippen molar-refractivity contribution >= 4 is 29.5 Å². The number of hydrogen-bond donors (Lipinski definition) is 1. The number of carbonyl (C=O) groups is 1. The number of anilines is 3. The van der Waals surface area contributed by atoms with Gasteiger partial charge in [-0.2, -0.15) is 9.67 Å². The average molecular weight is 543 g/mol. The standard InChI is InChI=1S/C28H30N8O4/c1-4-40-26(37)9-8-20-6-5-7-21(14-20)25-18-29-28(31-27(25)35-10-12-39-13-11-35)30-22-15-23(17-24(16-22)38-3)36-19(2)32-33-34-36/h5-9,14-18H,4,10-13H2,1-3H3,(H,29,30,31)/b9-8+. The first-order valence-electron chi connectivity index (χ1n) is 12.9. The summed E-state index contributed by atoms with van der Waals surface area (Å²) in [7, 11) is 1.60. The number of nitrogens with one attached hydrogen (secondary N) is 1. The molecule has 2 aromatic carbocycles. The summed E-state index contributed by atoms with van der Waals surface area (Å²) in [4.78, 5) is 23.5. The van der Waals surface area contributed by atoms with Gasteiger partial charge in [0.05, 0.1) is 32.6 Å². The summed E-state index contributed by atoms with van der Waals surface area (Å²) in [5.41, 5.74) is 4.12. The molecule has 4 aromatic rings. The summed E-state index contributed by atoms with van der Waals surface area (Å²) < 4.78 is 17.7. The molecule has 12 heteroatoms. The van der Waals surface area contributed by atoms with E-state index in [1.807, 2.05) is 49.4 Å². The lowest BCUT2D eigenvalue weighted by Crippen LogP contribution is -2.37. The molecule has 0 atom stereocenters. The number of esters is 1. The van der Waals surface area contributed by atoms with Crippen LogP contribution in [0, 0.1) is 6.92 Å². The monoisotopic (exact) mass is 542 g/mol. The fourth-order valence-electron chi connectivity index (χ4n) is 4.31. The van der Waals surface area contributed by atoms with Crippen molar-refractivity contribution in [1.82, 2.24) is 30.2 Å². The molecule has 0 unspecified atom stereocenters. The molecule has 1 N–H and O–H groups in total. The number of aromatic nitrogens is 6. The molecule has 12 nitrogen and oxygen atoms in total. The van der Waals surface area contributed by atoms with E-state index < -0.39 is 0 Å². The zero-order valence-corrected chi connectivity index (χ0v) is 22.6. The van der Waals surface area contributed by atoms with Gasteiger partial charge in [-0.1, -0.05) is 18.2 Å². The summed E-state index contributed by atoms with van der Waals surface area (Å²) in [6.07, 6.45) is 4.97. The third-order valence-corrected chi connectivity index (χ3v) is 6.23. The van der Waals surface area contributed by atoms with Crippen molar-refractivity contribution in [2.45, 2.75) is 13.8 Å². The molecule has 40 heavy (non-hydrogen) atoms. The van der Waals surface area contributed by atoms with Crippen molar-refractivity contribution < 1.29 is 19.0 Å². The van der Waals surface area contributed by atoms with E-state index in [9.17, 15) is 4.79 Å². The first-order chi connectivity index (χ1) is 19.5. The minimum atomic E-state index is -0.378. The first-order valence-corrected chi connectivity index (χ1v) is 12.9. The van der Waals surface area contributed by atoms with E-state index in [0.29, 0.717) is 50.4 Å². The second kappa shape index (κ2) is 12.3. The largest absolute Gasteiger partial charge is 0.497 e. The van der Waals surface area contributed by atoms with Crippen LogP contribution < -0.4 is 15.0 Å². The number of benzene rings is 2. The van der Waals surface area contributed by atoms with Gasteiger partial charge in [-0.15, -0.1) is 5.10 Å². The maximum Gasteiger partial charge on any atom is 0.330 e. The number of morpholine rings is 1. The molecular weight excluding hydrogens is 512 g/mol. The molecule has 0 radical (unpaired) electrons. The van der Waals surface area contributed by atoms with E-state index in [1.54, 1.807) is 31.0 Å². The fraction of sp³-hybridized carbons (Fsp3) is 0.286. The van der Waals surface area contributed by atoms with Crippen LogP contribution >= 0.6 is 0 Å². The van der Waals surface area contributed by atoms with E-state index >= 15 is 0 Å². The summed E-state index contributed by atoms with van der Waals surface area (Å²) in [5.74, 6) is 2.11. The van der Waals surface area contributed by atoms with Crippen LogP contribution in [0.2, 0.25) is 0 Å². The number of ether oxygens (including phenoxy) is 3. The molecule has 1 aliphatic rings. The minimum absolute atomic E-state index is 0.332. The van der Waals surface area contributed by atoms with E-state index in [1.165, 1.54) is 6.08 Å². The summed E-state index contributed by atoms with van der Waals surface area (Å²) in [5, 5.41) is 15.1. The fourth-order valence-corrected chi connectivity index (χ4v) is 4.31. The van der Waals surface area contributed by atoms with E-state index in [0.717, 1.165) is 33.9 Å². The molecule has 1 aliphatic heterocycles. The molecule has 5 rings (SSSR count). The molecule has 0 spiro atoms. The van der Waals surface area contributed by atoms with Gasteiger partial charge < -0.3 is 24.4 Å². The van der Waals surface area contributed by atoms with E-state index in [-0.39, 0.29) is 5.97 Å². The number of hydrogen-bond acceptors (Lipinski definition) is 11. The summed E-state index contributed by atoms with van der Waals surface area (Å²) in [6.45, 7) is 6.56. The Hall–Kier alpha value is -4.84. The Morgan fingerprint density at radius 3 is 2.77 bits per heavy atom. The molecule has 3 heterocycles. The third kappa shape index (κ3) is 6.24. The van der Waals surface area contributed by atoms with Crippen LogP contribution in [0.3, 0.4) is 0 Å². The van der Waals surface area contributed by atoms with Gasteiger partial charge in [-0.3, -0.25) is 0 Å². The molecule has 206 valence electrons. The smallest absolute Gasteiger partial charge is 0.330 e. The Labute approximate surface area is 231 Å². The topological polar surface area (TPSA) is 129 Å². The minimum Gasteiger partial charge on any atom is -0.497 e. The van der Waals surface area contributed by atoms with Gasteiger partial charge in [0.2, 0.25) is 5.95 Å². The summed E-state index contributed by atoms with van der Waals surface area (Å²) >= 11 is 0. The van der Waals surface area contributed by atoms with Crippen molar-refractivity contribution in [2.75, 3.05) is 50.2 Å². The van der Waals surface area contributed by atoms with Crippen molar-refractivity contribution in [1.29, 1.82) is 0 Å². The molecule has 0 aliphatic carbocycles. The van der Waals surface area contributed by atoms with Crippen LogP contribution in [0.4, 0.5) is 17.5 Å². The average Bonchev–Trinajstić information content (AvgIpc) is 3.42. The number of aryl methyl sites for hydroxylation is 1. The normalized spacial score (nSPS) is 13.4. The molecule has 1 saturated heterocycles. The number of tetrazole rings is 1. The molecule has 0 bridgehead atoms. The predicted molar refractivity (Wildman–Crippen MR) is 150 cm³/mol. The van der Waals surface area contributed by atoms with Gasteiger partial charge >= 0.3 is 5.97 Å². The number of carbonyl (C=O) groups excluding carboxylic acids is 1. The second-order valence-electron chi connectivity index (χ2n) is 8.92. The van der Waals surface area contributed by atoms with Crippen LogP contribution in [-0.4, -0.2) is 76.2 Å². The van der Waals surface area contributed by atoms with Crippen molar-refractivity contribution in [2.24, 2.45) is 0 Å². The van der Waals surface area contributed by atoms with Gasteiger partial charge in [0.25, 0.3) is 0 Å². The van der Waals surface area contributed by atoms with Gasteiger partial charge in [0, 0.05) is 48.7 Å². The highest BCUT2D eigenvalue weighted by Gasteiger charge is 2.19. The van der Waals surface area contributed by atoms with Crippen LogP contribution in [0.15, 0.2) is 54.7 Å². The highest BCUT2D eigenvalue weighted by molar-refractivity contribution is 5.87. The molecule has 0 saturated carbocycles. The zero-order chi connectivity index (χ0) is 27.9. The van der Waals surface area contributed by atoms with Crippen LogP contribution in [-0.2, 0) is 14.3 Å². The quantitative estimate of drug-likeness (QED) is 0.246. The Bertz CT molecular complexity index is 1510. The SMILES string of the molecule is CCOC(=O)/C=C/c1cccc(-c2cnc(Nc3cc(OC)cc(-n4nnnc4C)c3)nc2N2CCOCC2)c1. The Morgan fingerprint density at radius 2 is 2.02 bits per heavy atom. The Kier molecular flexibility index (Phi) is 8.26. The number of nitrogens with zero attached hydrogens (tertiary/aromatic N) is 7. The number of rotatable bonds is 9. The number of methoxy groups -OCH3 is 1. The maximum absolute atomic E-state index is 11.8. The Balaban J connectivity index is 1.49. The highest BCUT2D eigenvalue weighted by atomic mass is 16.5. The van der Waals surface area contributed by atoms with Gasteiger partial charge in [0.1, 0.15) is 11.6 Å². The van der Waals surface area contributed by atoms with Gasteiger partial charge in [-0.05, 0) is 53.6 Å². The van der Waals surface area contributed by atoms with E-state index in [4.69, 9.17) is 19.2 Å². The lowest BCUT2D eigenvalue weighted by Gasteiger charge is -2.29. The third-order valence-electron chi connectivity index (χ3n) is 6.23. The highest BCUT2D eigenvalue weighted by Crippen LogP contribution is 2.32. The van der Waals surface area contributed by atoms with E-state index in [2.05, 4.69) is 30.7 Å². The molecule has 0 amide bonds.